The summed E-state index contributed by atoms with van der Waals surface area (Å²) in [6.07, 6.45) is 6.23. The van der Waals surface area contributed by atoms with Crippen molar-refractivity contribution >= 4 is 38.3 Å². The quantitative estimate of drug-likeness (QED) is 0.600. The van der Waals surface area contributed by atoms with E-state index in [-0.39, 0.29) is 12.0 Å². The maximum atomic E-state index is 12.9. The van der Waals surface area contributed by atoms with Crippen LogP contribution in [-0.2, 0) is 4.74 Å². The first-order chi connectivity index (χ1) is 15.7. The van der Waals surface area contributed by atoms with Gasteiger partial charge in [0, 0.05) is 30.9 Å². The minimum absolute atomic E-state index is 0.191. The first kappa shape index (κ1) is 21.0. The average Bonchev–Trinajstić information content (AvgIpc) is 3.49. The predicted octanol–water partition coefficient (Wildman–Crippen LogP) is 4.11. The van der Waals surface area contributed by atoms with Gasteiger partial charge in [0.05, 0.1) is 30.7 Å². The van der Waals surface area contributed by atoms with E-state index in [0.717, 1.165) is 41.8 Å². The average molecular weight is 455 g/mol. The zero-order valence-corrected chi connectivity index (χ0v) is 18.8. The summed E-state index contributed by atoms with van der Waals surface area (Å²) < 4.78 is 17.9. The Hall–Kier alpha value is -2.91. The Balaban J connectivity index is 1.38. The van der Waals surface area contributed by atoms with Gasteiger partial charge in [-0.2, -0.15) is 0 Å². The first-order valence-electron chi connectivity index (χ1n) is 11.0. The van der Waals surface area contributed by atoms with Crippen LogP contribution in [0.3, 0.4) is 0 Å². The van der Waals surface area contributed by atoms with Gasteiger partial charge in [0.1, 0.15) is 17.4 Å². The second-order valence-corrected chi connectivity index (χ2v) is 8.94. The van der Waals surface area contributed by atoms with Crippen molar-refractivity contribution in [2.75, 3.05) is 43.6 Å². The molecule has 1 saturated carbocycles. The van der Waals surface area contributed by atoms with E-state index in [1.54, 1.807) is 25.4 Å². The van der Waals surface area contributed by atoms with E-state index in [1.807, 2.05) is 12.1 Å². The highest BCUT2D eigenvalue weighted by Gasteiger charge is 2.21. The Morgan fingerprint density at radius 3 is 2.81 bits per heavy atom. The third-order valence-corrected chi connectivity index (χ3v) is 6.86. The molecule has 9 heteroatoms. The van der Waals surface area contributed by atoms with E-state index in [2.05, 4.69) is 20.2 Å². The number of nitrogens with one attached hydrogen (secondary N) is 1. The fourth-order valence-electron chi connectivity index (χ4n) is 4.20. The van der Waals surface area contributed by atoms with Gasteiger partial charge in [-0.1, -0.05) is 11.3 Å². The molecule has 1 N–H and O–H groups in total. The molecule has 0 bridgehead atoms. The Morgan fingerprint density at radius 1 is 1.22 bits per heavy atom. The second kappa shape index (κ2) is 9.30. The lowest BCUT2D eigenvalue weighted by atomic mass is 10.2. The maximum absolute atomic E-state index is 12.9. The van der Waals surface area contributed by atoms with Gasteiger partial charge in [-0.3, -0.25) is 10.1 Å². The third kappa shape index (κ3) is 4.35. The molecule has 2 fully saturated rings. The lowest BCUT2D eigenvalue weighted by molar-refractivity contribution is 0.102. The number of methoxy groups -OCH3 is 1. The largest absolute Gasteiger partial charge is 0.494 e. The van der Waals surface area contributed by atoms with Crippen molar-refractivity contribution in [1.29, 1.82) is 0 Å². The molecule has 2 aliphatic rings. The van der Waals surface area contributed by atoms with Crippen LogP contribution in [0.4, 0.5) is 10.8 Å². The monoisotopic (exact) mass is 454 g/mol. The van der Waals surface area contributed by atoms with Crippen LogP contribution in [-0.4, -0.2) is 55.4 Å². The number of nitrogens with zero attached hydrogens (tertiary/aromatic N) is 3. The standard InChI is InChI=1S/C23H26N4O4S/c1-29-18-7-6-17(27-10-12-30-13-11-27)21-20(18)25-23(32-21)26-22(28)15-8-9-24-19(14-15)31-16-4-2-3-5-16/h6-9,14,16H,2-5,10-13H2,1H3,(H,25,26,28). The van der Waals surface area contributed by atoms with Crippen molar-refractivity contribution in [2.45, 2.75) is 31.8 Å². The maximum Gasteiger partial charge on any atom is 0.257 e. The van der Waals surface area contributed by atoms with Crippen LogP contribution >= 0.6 is 11.3 Å². The minimum atomic E-state index is -0.241. The van der Waals surface area contributed by atoms with Gasteiger partial charge >= 0.3 is 0 Å². The molecule has 1 aliphatic heterocycles. The molecular weight excluding hydrogens is 428 g/mol. The zero-order chi connectivity index (χ0) is 21.9. The van der Waals surface area contributed by atoms with Crippen molar-refractivity contribution in [2.24, 2.45) is 0 Å². The van der Waals surface area contributed by atoms with Crippen molar-refractivity contribution in [3.63, 3.8) is 0 Å². The summed E-state index contributed by atoms with van der Waals surface area (Å²) in [4.78, 5) is 24.2. The van der Waals surface area contributed by atoms with Crippen LogP contribution in [0, 0.1) is 0 Å². The van der Waals surface area contributed by atoms with Crippen molar-refractivity contribution < 1.29 is 19.0 Å². The lowest BCUT2D eigenvalue weighted by Gasteiger charge is -2.29. The van der Waals surface area contributed by atoms with Crippen LogP contribution in [0.5, 0.6) is 11.6 Å². The van der Waals surface area contributed by atoms with Crippen LogP contribution in [0.1, 0.15) is 36.0 Å². The summed E-state index contributed by atoms with van der Waals surface area (Å²) in [7, 11) is 1.63. The molecule has 32 heavy (non-hydrogen) atoms. The normalized spacial score (nSPS) is 17.0. The number of hydrogen-bond donors (Lipinski definition) is 1. The second-order valence-electron chi connectivity index (χ2n) is 7.94. The lowest BCUT2D eigenvalue weighted by Crippen LogP contribution is -2.36. The summed E-state index contributed by atoms with van der Waals surface area (Å²) in [5, 5.41) is 3.46. The summed E-state index contributed by atoms with van der Waals surface area (Å²) in [6.45, 7) is 3.04. The summed E-state index contributed by atoms with van der Waals surface area (Å²) >= 11 is 1.45. The van der Waals surface area contributed by atoms with Crippen LogP contribution < -0.4 is 19.7 Å². The van der Waals surface area contributed by atoms with E-state index >= 15 is 0 Å². The van der Waals surface area contributed by atoms with E-state index in [4.69, 9.17) is 14.2 Å². The molecule has 8 nitrogen and oxygen atoms in total. The number of pyridine rings is 1. The Kier molecular flexibility index (Phi) is 6.09. The number of fused-ring (bicyclic) bond motifs is 1. The third-order valence-electron chi connectivity index (χ3n) is 5.86. The van der Waals surface area contributed by atoms with Gasteiger partial charge in [0.2, 0.25) is 5.88 Å². The van der Waals surface area contributed by atoms with E-state index in [9.17, 15) is 4.79 Å². The van der Waals surface area contributed by atoms with Crippen molar-refractivity contribution in [1.82, 2.24) is 9.97 Å². The molecule has 3 heterocycles. The highest BCUT2D eigenvalue weighted by Crippen LogP contribution is 2.39. The fourth-order valence-corrected chi connectivity index (χ4v) is 5.22. The fraction of sp³-hybridized carbons (Fsp3) is 0.435. The van der Waals surface area contributed by atoms with Gasteiger partial charge in [-0.05, 0) is 43.9 Å². The SMILES string of the molecule is COc1ccc(N2CCOCC2)c2sc(NC(=O)c3ccnc(OC4CCCC4)c3)nc12. The summed E-state index contributed by atoms with van der Waals surface area (Å²) in [5.74, 6) is 0.935. The molecule has 0 unspecified atom stereocenters. The smallest absolute Gasteiger partial charge is 0.257 e. The molecular formula is C23H26N4O4S. The topological polar surface area (TPSA) is 85.8 Å². The summed E-state index contributed by atoms with van der Waals surface area (Å²) in [5.41, 5.74) is 2.32. The number of aromatic nitrogens is 2. The van der Waals surface area contributed by atoms with Gasteiger partial charge in [-0.25, -0.2) is 9.97 Å². The number of rotatable bonds is 6. The van der Waals surface area contributed by atoms with Gasteiger partial charge in [-0.15, -0.1) is 0 Å². The molecule has 1 amide bonds. The number of thiazole rings is 1. The number of carbonyl (C=O) groups is 1. The van der Waals surface area contributed by atoms with Gasteiger partial charge in [0.15, 0.2) is 5.13 Å². The number of anilines is 2. The van der Waals surface area contributed by atoms with Gasteiger partial charge in [0.25, 0.3) is 5.91 Å². The molecule has 1 aliphatic carbocycles. The molecule has 1 saturated heterocycles. The molecule has 0 spiro atoms. The van der Waals surface area contributed by atoms with Gasteiger partial charge < -0.3 is 19.1 Å². The van der Waals surface area contributed by atoms with Crippen LogP contribution in [0.2, 0.25) is 0 Å². The summed E-state index contributed by atoms with van der Waals surface area (Å²) in [6, 6.07) is 7.35. The number of benzene rings is 1. The molecule has 0 atom stereocenters. The number of carbonyl (C=O) groups excluding carboxylic acids is 1. The first-order valence-corrected chi connectivity index (χ1v) is 11.8. The molecule has 168 valence electrons. The Labute approximate surface area is 190 Å². The molecule has 5 rings (SSSR count). The number of amides is 1. The minimum Gasteiger partial charge on any atom is -0.494 e. The van der Waals surface area contributed by atoms with E-state index < -0.39 is 0 Å². The van der Waals surface area contributed by atoms with Crippen LogP contribution in [0.25, 0.3) is 10.2 Å². The zero-order valence-electron chi connectivity index (χ0n) is 18.0. The van der Waals surface area contributed by atoms with E-state index in [0.29, 0.717) is 35.5 Å². The molecule has 0 radical (unpaired) electrons. The highest BCUT2D eigenvalue weighted by molar-refractivity contribution is 7.23. The Bertz CT molecular complexity index is 1110. The highest BCUT2D eigenvalue weighted by atomic mass is 32.1. The van der Waals surface area contributed by atoms with E-state index in [1.165, 1.54) is 24.2 Å². The predicted molar refractivity (Wildman–Crippen MR) is 124 cm³/mol. The number of ether oxygens (including phenoxy) is 3. The number of hydrogen-bond acceptors (Lipinski definition) is 8. The molecule has 1 aromatic carbocycles. The molecule has 2 aromatic heterocycles. The molecule has 3 aromatic rings. The Morgan fingerprint density at radius 2 is 2.03 bits per heavy atom. The van der Waals surface area contributed by atoms with Crippen molar-refractivity contribution in [3.05, 3.63) is 36.0 Å². The van der Waals surface area contributed by atoms with Crippen molar-refractivity contribution in [3.8, 4) is 11.6 Å². The number of morpholine rings is 1. The van der Waals surface area contributed by atoms with Crippen LogP contribution in [0.15, 0.2) is 30.5 Å².